The summed E-state index contributed by atoms with van der Waals surface area (Å²) in [4.78, 5) is 4.27. The highest BCUT2D eigenvalue weighted by Crippen LogP contribution is 2.23. The fraction of sp³-hybridized carbons (Fsp3) is 0.667. The van der Waals surface area contributed by atoms with E-state index in [1.54, 1.807) is 0 Å². The Balaban J connectivity index is 0.00000121. The molecule has 0 saturated heterocycles. The van der Waals surface area contributed by atoms with Gasteiger partial charge in [-0.25, -0.2) is 4.98 Å². The van der Waals surface area contributed by atoms with Gasteiger partial charge >= 0.3 is 0 Å². The number of aliphatic hydroxyl groups excluding tert-OH is 1. The second-order valence-electron chi connectivity index (χ2n) is 3.53. The highest BCUT2D eigenvalue weighted by molar-refractivity contribution is 7.09. The van der Waals surface area contributed by atoms with Gasteiger partial charge in [-0.15, -0.1) is 11.3 Å². The second-order valence-corrected chi connectivity index (χ2v) is 4.48. The average Bonchev–Trinajstić information content (AvgIpc) is 2.32. The maximum Gasteiger partial charge on any atom is 0.118 e. The molecular weight excluding hydrogens is 170 g/mol. The monoisotopic (exact) mass is 187 g/mol. The van der Waals surface area contributed by atoms with E-state index in [0.29, 0.717) is 0 Å². The molecule has 3 heteroatoms. The summed E-state index contributed by atoms with van der Waals surface area (Å²) in [6.45, 7) is 6.40. The first-order valence-electron chi connectivity index (χ1n) is 3.60. The summed E-state index contributed by atoms with van der Waals surface area (Å²) in [7, 11) is 0. The van der Waals surface area contributed by atoms with Crippen LogP contribution in [0.4, 0.5) is 0 Å². The van der Waals surface area contributed by atoms with Gasteiger partial charge in [-0.2, -0.15) is 0 Å². The van der Waals surface area contributed by atoms with Gasteiger partial charge in [0.05, 0.1) is 12.3 Å². The topological polar surface area (TPSA) is 33.1 Å². The largest absolute Gasteiger partial charge is 0.389 e. The molecular formula is C9H17NOS. The van der Waals surface area contributed by atoms with Crippen molar-refractivity contribution in [3.05, 3.63) is 16.1 Å². The van der Waals surface area contributed by atoms with Gasteiger partial charge in [0, 0.05) is 10.8 Å². The predicted molar refractivity (Wildman–Crippen MR) is 53.5 cm³/mol. The van der Waals surface area contributed by atoms with Gasteiger partial charge in [0.15, 0.2) is 0 Å². The molecule has 0 amide bonds. The molecule has 0 radical (unpaired) electrons. The Morgan fingerprint density at radius 3 is 2.33 bits per heavy atom. The number of thiazole rings is 1. The maximum absolute atomic E-state index is 8.76. The van der Waals surface area contributed by atoms with Crippen LogP contribution in [-0.2, 0) is 12.0 Å². The van der Waals surface area contributed by atoms with Gasteiger partial charge in [0.2, 0.25) is 0 Å². The van der Waals surface area contributed by atoms with Crippen molar-refractivity contribution in [2.45, 2.75) is 40.2 Å². The number of nitrogens with zero attached hydrogens (tertiary/aromatic N) is 1. The third kappa shape index (κ3) is 2.57. The molecule has 0 spiro atoms. The number of hydrogen-bond donors (Lipinski definition) is 1. The molecule has 0 fully saturated rings. The van der Waals surface area contributed by atoms with Crippen molar-refractivity contribution in [3.63, 3.8) is 0 Å². The van der Waals surface area contributed by atoms with Gasteiger partial charge in [-0.1, -0.05) is 28.2 Å². The van der Waals surface area contributed by atoms with Crippen LogP contribution in [0, 0.1) is 0 Å². The number of rotatable bonds is 1. The third-order valence-electron chi connectivity index (χ3n) is 1.46. The lowest BCUT2D eigenvalue weighted by atomic mass is 9.93. The van der Waals surface area contributed by atoms with Gasteiger partial charge < -0.3 is 5.11 Å². The minimum Gasteiger partial charge on any atom is -0.389 e. The van der Waals surface area contributed by atoms with Crippen LogP contribution in [0.15, 0.2) is 5.38 Å². The van der Waals surface area contributed by atoms with E-state index < -0.39 is 0 Å². The van der Waals surface area contributed by atoms with E-state index in [1.165, 1.54) is 11.3 Å². The van der Waals surface area contributed by atoms with Crippen molar-refractivity contribution in [2.24, 2.45) is 0 Å². The standard InChI is InChI=1S/C8H13NOS.CH4/c1-8(2,3)6-5-11-7(4-10)9-6;/h5,10H,4H2,1-3H3;1H4. The van der Waals surface area contributed by atoms with Crippen LogP contribution in [0.5, 0.6) is 0 Å². The predicted octanol–water partition coefficient (Wildman–Crippen LogP) is 2.57. The molecule has 70 valence electrons. The number of aliphatic hydroxyl groups is 1. The van der Waals surface area contributed by atoms with Gasteiger partial charge in [0.25, 0.3) is 0 Å². The Bertz CT molecular complexity index is 237. The van der Waals surface area contributed by atoms with Crippen molar-refractivity contribution in [2.75, 3.05) is 0 Å². The molecule has 1 heterocycles. The molecule has 1 aromatic heterocycles. The summed E-state index contributed by atoms with van der Waals surface area (Å²) in [5.74, 6) is 0. The van der Waals surface area contributed by atoms with Crippen LogP contribution in [0.3, 0.4) is 0 Å². The van der Waals surface area contributed by atoms with Gasteiger partial charge in [-0.3, -0.25) is 0 Å². The zero-order valence-corrected chi connectivity index (χ0v) is 7.90. The molecule has 0 aliphatic rings. The molecule has 1 aromatic rings. The molecule has 0 aromatic carbocycles. The van der Waals surface area contributed by atoms with Crippen LogP contribution in [0.25, 0.3) is 0 Å². The fourth-order valence-corrected chi connectivity index (χ4v) is 1.61. The van der Waals surface area contributed by atoms with Crippen molar-refractivity contribution >= 4 is 11.3 Å². The first kappa shape index (κ1) is 11.6. The van der Waals surface area contributed by atoms with Gasteiger partial charge in [0.1, 0.15) is 5.01 Å². The Kier molecular flexibility index (Phi) is 3.87. The van der Waals surface area contributed by atoms with E-state index in [4.69, 9.17) is 5.11 Å². The Morgan fingerprint density at radius 1 is 1.50 bits per heavy atom. The SMILES string of the molecule is C.CC(C)(C)c1csc(CO)n1. The normalized spacial score (nSPS) is 11.0. The highest BCUT2D eigenvalue weighted by Gasteiger charge is 2.16. The number of aromatic nitrogens is 1. The van der Waals surface area contributed by atoms with Crippen LogP contribution >= 0.6 is 11.3 Å². The second kappa shape index (κ2) is 4.01. The van der Waals surface area contributed by atoms with Crippen molar-refractivity contribution < 1.29 is 5.11 Å². The lowest BCUT2D eigenvalue weighted by molar-refractivity contribution is 0.280. The van der Waals surface area contributed by atoms with Crippen LogP contribution < -0.4 is 0 Å². The summed E-state index contributed by atoms with van der Waals surface area (Å²) in [6, 6.07) is 0. The van der Waals surface area contributed by atoms with Crippen molar-refractivity contribution in [1.82, 2.24) is 4.98 Å². The molecule has 12 heavy (non-hydrogen) atoms. The zero-order valence-electron chi connectivity index (χ0n) is 7.09. The van der Waals surface area contributed by atoms with E-state index in [2.05, 4.69) is 25.8 Å². The third-order valence-corrected chi connectivity index (χ3v) is 2.29. The van der Waals surface area contributed by atoms with E-state index in [-0.39, 0.29) is 19.4 Å². The minimum atomic E-state index is 0. The molecule has 0 aliphatic heterocycles. The summed E-state index contributed by atoms with van der Waals surface area (Å²) < 4.78 is 0. The highest BCUT2D eigenvalue weighted by atomic mass is 32.1. The van der Waals surface area contributed by atoms with Crippen molar-refractivity contribution in [1.29, 1.82) is 0 Å². The maximum atomic E-state index is 8.76. The fourth-order valence-electron chi connectivity index (χ4n) is 0.728. The van der Waals surface area contributed by atoms with E-state index >= 15 is 0 Å². The van der Waals surface area contributed by atoms with Crippen molar-refractivity contribution in [3.8, 4) is 0 Å². The molecule has 2 nitrogen and oxygen atoms in total. The van der Waals surface area contributed by atoms with E-state index in [0.717, 1.165) is 10.7 Å². The number of hydrogen-bond acceptors (Lipinski definition) is 3. The van der Waals surface area contributed by atoms with Crippen LogP contribution in [-0.4, -0.2) is 10.1 Å². The first-order valence-corrected chi connectivity index (χ1v) is 4.48. The Morgan fingerprint density at radius 2 is 2.08 bits per heavy atom. The molecule has 0 bridgehead atoms. The molecule has 1 N–H and O–H groups in total. The zero-order chi connectivity index (χ0) is 8.48. The first-order chi connectivity index (χ1) is 5.04. The Hall–Kier alpha value is -0.410. The summed E-state index contributed by atoms with van der Waals surface area (Å²) >= 11 is 1.52. The van der Waals surface area contributed by atoms with Gasteiger partial charge in [-0.05, 0) is 0 Å². The van der Waals surface area contributed by atoms with Crippen LogP contribution in [0.2, 0.25) is 0 Å². The lowest BCUT2D eigenvalue weighted by Gasteiger charge is -2.13. The van der Waals surface area contributed by atoms with E-state index in [1.807, 2.05) is 5.38 Å². The molecule has 0 atom stereocenters. The minimum absolute atomic E-state index is 0. The molecule has 0 saturated carbocycles. The molecule has 0 aliphatic carbocycles. The Labute approximate surface area is 78.3 Å². The summed E-state index contributed by atoms with van der Waals surface area (Å²) in [5.41, 5.74) is 1.16. The average molecular weight is 187 g/mol. The smallest absolute Gasteiger partial charge is 0.118 e. The van der Waals surface area contributed by atoms with E-state index in [9.17, 15) is 0 Å². The quantitative estimate of drug-likeness (QED) is 0.733. The summed E-state index contributed by atoms with van der Waals surface area (Å²) in [5, 5.41) is 11.6. The molecule has 0 unspecified atom stereocenters. The lowest BCUT2D eigenvalue weighted by Crippen LogP contribution is -2.11. The van der Waals surface area contributed by atoms with Crippen LogP contribution in [0.1, 0.15) is 38.9 Å². The summed E-state index contributed by atoms with van der Waals surface area (Å²) in [6.07, 6.45) is 0. The molecule has 1 rings (SSSR count).